The zero-order valence-corrected chi connectivity index (χ0v) is 17.8. The van der Waals surface area contributed by atoms with Gasteiger partial charge in [0.15, 0.2) is 10.3 Å². The van der Waals surface area contributed by atoms with Crippen molar-refractivity contribution in [2.75, 3.05) is 0 Å². The maximum atomic E-state index is 6.48. The fourth-order valence-corrected chi connectivity index (χ4v) is 3.32. The second kappa shape index (κ2) is 8.68. The van der Waals surface area contributed by atoms with E-state index in [2.05, 4.69) is 15.0 Å². The van der Waals surface area contributed by atoms with Gasteiger partial charge in [-0.1, -0.05) is 65.7 Å². The molecule has 3 aromatic rings. The van der Waals surface area contributed by atoms with E-state index in [-0.39, 0.29) is 0 Å². The zero-order chi connectivity index (χ0) is 20.3. The number of benzene rings is 2. The number of aliphatic imine (C=N–C) groups is 2. The van der Waals surface area contributed by atoms with Crippen molar-refractivity contribution < 1.29 is 0 Å². The summed E-state index contributed by atoms with van der Waals surface area (Å²) < 4.78 is 0. The maximum absolute atomic E-state index is 6.48. The van der Waals surface area contributed by atoms with Crippen LogP contribution in [-0.2, 0) is 0 Å². The van der Waals surface area contributed by atoms with Crippen LogP contribution in [0.3, 0.4) is 0 Å². The highest BCUT2D eigenvalue weighted by Crippen LogP contribution is 2.26. The number of rotatable bonds is 4. The topological polar surface area (TPSA) is 37.6 Å². The minimum absolute atomic E-state index is 0.316. The van der Waals surface area contributed by atoms with E-state index in [1.165, 1.54) is 0 Å². The third kappa shape index (κ3) is 4.49. The van der Waals surface area contributed by atoms with Crippen molar-refractivity contribution in [3.63, 3.8) is 0 Å². The molecule has 0 saturated carbocycles. The molecular formula is C23H21Cl2N3. The second-order valence-electron chi connectivity index (χ2n) is 6.69. The quantitative estimate of drug-likeness (QED) is 0.429. The third-order valence-corrected chi connectivity index (χ3v) is 5.03. The molecule has 0 fully saturated rings. The summed E-state index contributed by atoms with van der Waals surface area (Å²) in [5.41, 5.74) is 7.05. The van der Waals surface area contributed by atoms with Gasteiger partial charge < -0.3 is 0 Å². The van der Waals surface area contributed by atoms with Crippen LogP contribution in [0.2, 0.25) is 0 Å². The van der Waals surface area contributed by atoms with E-state index >= 15 is 0 Å². The van der Waals surface area contributed by atoms with E-state index in [1.54, 1.807) is 0 Å². The standard InChI is InChI=1S/C23H21Cl2N3/c1-14-8-5-9-15(2)20(14)27-22(24)18-12-7-13-19(26-18)23(25)28-21-16(3)10-6-11-17(21)4/h5-13H,1-4H3. The molecule has 0 spiro atoms. The summed E-state index contributed by atoms with van der Waals surface area (Å²) in [5.74, 6) is 0. The highest BCUT2D eigenvalue weighted by Gasteiger charge is 2.10. The third-order valence-electron chi connectivity index (χ3n) is 4.47. The molecule has 2 aromatic carbocycles. The Kier molecular flexibility index (Phi) is 6.28. The predicted molar refractivity (Wildman–Crippen MR) is 120 cm³/mol. The maximum Gasteiger partial charge on any atom is 0.155 e. The van der Waals surface area contributed by atoms with Crippen molar-refractivity contribution in [2.45, 2.75) is 27.7 Å². The minimum Gasteiger partial charge on any atom is -0.243 e. The summed E-state index contributed by atoms with van der Waals surface area (Å²) in [6.45, 7) is 8.03. The summed E-state index contributed by atoms with van der Waals surface area (Å²) in [6.07, 6.45) is 0. The Morgan fingerprint density at radius 2 is 0.929 bits per heavy atom. The normalized spacial score (nSPS) is 12.4. The smallest absolute Gasteiger partial charge is 0.155 e. The molecule has 1 heterocycles. The molecule has 28 heavy (non-hydrogen) atoms. The Hall–Kier alpha value is -2.49. The van der Waals surface area contributed by atoms with Gasteiger partial charge in [0.2, 0.25) is 0 Å². The van der Waals surface area contributed by atoms with Crippen LogP contribution in [0.25, 0.3) is 0 Å². The largest absolute Gasteiger partial charge is 0.243 e. The van der Waals surface area contributed by atoms with E-state index in [0.717, 1.165) is 33.6 Å². The van der Waals surface area contributed by atoms with Crippen LogP contribution in [-0.4, -0.2) is 15.3 Å². The molecule has 0 atom stereocenters. The summed E-state index contributed by atoms with van der Waals surface area (Å²) in [7, 11) is 0. The van der Waals surface area contributed by atoms with Gasteiger partial charge in [-0.05, 0) is 62.1 Å². The lowest BCUT2D eigenvalue weighted by Crippen LogP contribution is -2.02. The number of halogens is 2. The first-order chi connectivity index (χ1) is 13.4. The van der Waals surface area contributed by atoms with Crippen LogP contribution in [0.1, 0.15) is 33.6 Å². The number of pyridine rings is 1. The zero-order valence-electron chi connectivity index (χ0n) is 16.3. The molecule has 142 valence electrons. The van der Waals surface area contributed by atoms with Crippen molar-refractivity contribution in [3.8, 4) is 0 Å². The van der Waals surface area contributed by atoms with Gasteiger partial charge in [0, 0.05) is 0 Å². The minimum atomic E-state index is 0.316. The van der Waals surface area contributed by atoms with Crippen LogP contribution < -0.4 is 0 Å². The van der Waals surface area contributed by atoms with Gasteiger partial charge in [0.1, 0.15) is 11.4 Å². The van der Waals surface area contributed by atoms with Crippen LogP contribution >= 0.6 is 23.2 Å². The Bertz CT molecular complexity index is 962. The fourth-order valence-electron chi connectivity index (χ4n) is 2.94. The summed E-state index contributed by atoms with van der Waals surface area (Å²) >= 11 is 13.0. The highest BCUT2D eigenvalue weighted by molar-refractivity contribution is 6.70. The van der Waals surface area contributed by atoms with Crippen molar-refractivity contribution in [2.24, 2.45) is 9.98 Å². The van der Waals surface area contributed by atoms with Gasteiger partial charge in [-0.3, -0.25) is 0 Å². The van der Waals surface area contributed by atoms with E-state index in [1.807, 2.05) is 82.3 Å². The summed E-state index contributed by atoms with van der Waals surface area (Å²) in [6, 6.07) is 17.5. The van der Waals surface area contributed by atoms with Crippen molar-refractivity contribution in [1.29, 1.82) is 0 Å². The van der Waals surface area contributed by atoms with Crippen LogP contribution in [0.5, 0.6) is 0 Å². The van der Waals surface area contributed by atoms with E-state index in [9.17, 15) is 0 Å². The van der Waals surface area contributed by atoms with Gasteiger partial charge in [-0.2, -0.15) is 0 Å². The molecule has 0 bridgehead atoms. The Morgan fingerprint density at radius 3 is 1.29 bits per heavy atom. The molecule has 5 heteroatoms. The molecule has 1 aromatic heterocycles. The van der Waals surface area contributed by atoms with Gasteiger partial charge in [0.25, 0.3) is 0 Å². The molecule has 0 saturated heterocycles. The summed E-state index contributed by atoms with van der Waals surface area (Å²) in [4.78, 5) is 13.7. The van der Waals surface area contributed by atoms with Crippen molar-refractivity contribution >= 4 is 44.9 Å². The average Bonchev–Trinajstić information content (AvgIpc) is 2.67. The molecule has 0 aliphatic rings. The van der Waals surface area contributed by atoms with Gasteiger partial charge >= 0.3 is 0 Å². The molecule has 0 N–H and O–H groups in total. The first kappa shape index (κ1) is 20.2. The molecular weight excluding hydrogens is 389 g/mol. The lowest BCUT2D eigenvalue weighted by atomic mass is 10.1. The molecule has 0 radical (unpaired) electrons. The fraction of sp³-hybridized carbons (Fsp3) is 0.174. The van der Waals surface area contributed by atoms with Crippen LogP contribution in [0.15, 0.2) is 64.6 Å². The molecule has 3 nitrogen and oxygen atoms in total. The lowest BCUT2D eigenvalue weighted by Gasteiger charge is -2.07. The molecule has 0 amide bonds. The van der Waals surface area contributed by atoms with Gasteiger partial charge in [0.05, 0.1) is 11.4 Å². The molecule has 0 aliphatic carbocycles. The highest BCUT2D eigenvalue weighted by atomic mass is 35.5. The number of nitrogens with zero attached hydrogens (tertiary/aromatic N) is 3. The average molecular weight is 410 g/mol. The molecule has 0 aliphatic heterocycles. The van der Waals surface area contributed by atoms with E-state index in [4.69, 9.17) is 23.2 Å². The second-order valence-corrected chi connectivity index (χ2v) is 7.41. The van der Waals surface area contributed by atoms with Crippen LogP contribution in [0, 0.1) is 27.7 Å². The van der Waals surface area contributed by atoms with Crippen molar-refractivity contribution in [1.82, 2.24) is 4.98 Å². The summed E-state index contributed by atoms with van der Waals surface area (Å²) in [5, 5.41) is 0.631. The number of hydrogen-bond acceptors (Lipinski definition) is 3. The monoisotopic (exact) mass is 409 g/mol. The number of hydrogen-bond donors (Lipinski definition) is 0. The van der Waals surface area contributed by atoms with E-state index in [0.29, 0.717) is 21.7 Å². The van der Waals surface area contributed by atoms with Crippen molar-refractivity contribution in [3.05, 3.63) is 88.2 Å². The molecule has 3 rings (SSSR count). The number of aryl methyl sites for hydroxylation is 4. The Balaban J connectivity index is 1.98. The Morgan fingerprint density at radius 1 is 0.607 bits per heavy atom. The SMILES string of the molecule is Cc1cccc(C)c1N=C(Cl)c1cccc(C(Cl)=Nc2c(C)cccc2C)n1. The predicted octanol–water partition coefficient (Wildman–Crippen LogP) is 6.95. The van der Waals surface area contributed by atoms with Gasteiger partial charge in [-0.25, -0.2) is 15.0 Å². The first-order valence-corrected chi connectivity index (χ1v) is 9.71. The van der Waals surface area contributed by atoms with E-state index < -0.39 is 0 Å². The Labute approximate surface area is 175 Å². The first-order valence-electron chi connectivity index (χ1n) is 8.95. The lowest BCUT2D eigenvalue weighted by molar-refractivity contribution is 1.25. The van der Waals surface area contributed by atoms with Crippen LogP contribution in [0.4, 0.5) is 11.4 Å². The van der Waals surface area contributed by atoms with Gasteiger partial charge in [-0.15, -0.1) is 0 Å². The molecule has 0 unspecified atom stereocenters. The number of aromatic nitrogens is 1. The number of para-hydroxylation sites is 2.